The van der Waals surface area contributed by atoms with E-state index in [0.29, 0.717) is 10.9 Å². The van der Waals surface area contributed by atoms with E-state index >= 15 is 0 Å². The van der Waals surface area contributed by atoms with Crippen molar-refractivity contribution in [3.05, 3.63) is 72.2 Å². The van der Waals surface area contributed by atoms with Crippen LogP contribution in [0.1, 0.15) is 10.4 Å². The van der Waals surface area contributed by atoms with Crippen LogP contribution < -0.4 is 4.74 Å². The molecule has 0 aliphatic heterocycles. The second-order valence-electron chi connectivity index (χ2n) is 4.83. The van der Waals surface area contributed by atoms with Crippen molar-refractivity contribution in [3.8, 4) is 5.75 Å². The molecule has 110 valence electrons. The Bertz CT molecular complexity index is 847. The van der Waals surface area contributed by atoms with Crippen molar-refractivity contribution in [2.45, 2.75) is 0 Å². The van der Waals surface area contributed by atoms with E-state index in [0.717, 1.165) is 11.3 Å². The second-order valence-corrected chi connectivity index (χ2v) is 4.83. The zero-order valence-electron chi connectivity index (χ0n) is 12.0. The van der Waals surface area contributed by atoms with Gasteiger partial charge in [-0.1, -0.05) is 12.1 Å². The minimum Gasteiger partial charge on any atom is -0.497 e. The van der Waals surface area contributed by atoms with Gasteiger partial charge in [-0.2, -0.15) is 0 Å². The predicted molar refractivity (Wildman–Crippen MR) is 84.6 cm³/mol. The molecule has 0 saturated heterocycles. The van der Waals surface area contributed by atoms with Gasteiger partial charge in [-0.3, -0.25) is 9.36 Å². The lowest BCUT2D eigenvalue weighted by Gasteiger charge is -2.01. The van der Waals surface area contributed by atoms with Gasteiger partial charge < -0.3 is 4.74 Å². The summed E-state index contributed by atoms with van der Waals surface area (Å²) in [5.74, 6) is 0.269. The SMILES string of the molecule is COc1ccc(/C=C/C(=O)n2ccc3cc(F)ccc32)cc1. The Labute approximate surface area is 127 Å². The van der Waals surface area contributed by atoms with Crippen molar-refractivity contribution in [1.29, 1.82) is 0 Å². The number of hydrogen-bond acceptors (Lipinski definition) is 2. The molecular formula is C18H14FNO2. The van der Waals surface area contributed by atoms with Crippen LogP contribution in [0, 0.1) is 5.82 Å². The van der Waals surface area contributed by atoms with Crippen molar-refractivity contribution in [1.82, 2.24) is 4.57 Å². The first kappa shape index (κ1) is 14.1. The molecule has 4 heteroatoms. The fraction of sp³-hybridized carbons (Fsp3) is 0.0556. The summed E-state index contributed by atoms with van der Waals surface area (Å²) in [5, 5.41) is 0.700. The van der Waals surface area contributed by atoms with E-state index in [-0.39, 0.29) is 11.7 Å². The van der Waals surface area contributed by atoms with E-state index in [1.54, 1.807) is 31.5 Å². The highest BCUT2D eigenvalue weighted by Gasteiger charge is 2.06. The summed E-state index contributed by atoms with van der Waals surface area (Å²) >= 11 is 0. The molecule has 1 heterocycles. The van der Waals surface area contributed by atoms with Crippen LogP contribution in [0.15, 0.2) is 60.8 Å². The Morgan fingerprint density at radius 2 is 1.91 bits per heavy atom. The number of halogens is 1. The van der Waals surface area contributed by atoms with Crippen molar-refractivity contribution >= 4 is 22.9 Å². The second kappa shape index (κ2) is 5.85. The zero-order chi connectivity index (χ0) is 15.5. The Morgan fingerprint density at radius 1 is 1.14 bits per heavy atom. The largest absolute Gasteiger partial charge is 0.497 e. The molecule has 0 aliphatic rings. The first-order chi connectivity index (χ1) is 10.7. The summed E-state index contributed by atoms with van der Waals surface area (Å²) in [5.41, 5.74) is 1.59. The Balaban J connectivity index is 1.84. The number of carbonyl (C=O) groups excluding carboxylic acids is 1. The molecule has 0 atom stereocenters. The van der Waals surface area contributed by atoms with Gasteiger partial charge in [-0.25, -0.2) is 4.39 Å². The van der Waals surface area contributed by atoms with E-state index in [9.17, 15) is 9.18 Å². The Kier molecular flexibility index (Phi) is 3.74. The van der Waals surface area contributed by atoms with Gasteiger partial charge in [-0.05, 0) is 48.0 Å². The zero-order valence-corrected chi connectivity index (χ0v) is 12.0. The molecule has 22 heavy (non-hydrogen) atoms. The first-order valence-corrected chi connectivity index (χ1v) is 6.80. The van der Waals surface area contributed by atoms with Gasteiger partial charge in [0, 0.05) is 17.7 Å². The molecule has 0 radical (unpaired) electrons. The maximum absolute atomic E-state index is 13.2. The maximum atomic E-state index is 13.2. The molecule has 0 N–H and O–H groups in total. The third kappa shape index (κ3) is 2.76. The number of methoxy groups -OCH3 is 1. The molecule has 3 nitrogen and oxygen atoms in total. The van der Waals surface area contributed by atoms with Crippen LogP contribution in [0.25, 0.3) is 17.0 Å². The van der Waals surface area contributed by atoms with Gasteiger partial charge in [0.25, 0.3) is 5.91 Å². The number of allylic oxidation sites excluding steroid dienone is 1. The molecule has 0 aliphatic carbocycles. The van der Waals surface area contributed by atoms with Crippen LogP contribution in [0.2, 0.25) is 0 Å². The Hall–Kier alpha value is -2.88. The summed E-state index contributed by atoms with van der Waals surface area (Å²) in [6.45, 7) is 0. The normalized spacial score (nSPS) is 11.2. The van der Waals surface area contributed by atoms with E-state index < -0.39 is 0 Å². The highest BCUT2D eigenvalue weighted by molar-refractivity contribution is 6.00. The number of nitrogens with zero attached hydrogens (tertiary/aromatic N) is 1. The smallest absolute Gasteiger partial charge is 0.255 e. The fourth-order valence-corrected chi connectivity index (χ4v) is 2.27. The monoisotopic (exact) mass is 295 g/mol. The van der Waals surface area contributed by atoms with Crippen LogP contribution in [-0.2, 0) is 0 Å². The highest BCUT2D eigenvalue weighted by atomic mass is 19.1. The third-order valence-electron chi connectivity index (χ3n) is 3.42. The van der Waals surface area contributed by atoms with E-state index in [2.05, 4.69) is 0 Å². The van der Waals surface area contributed by atoms with Crippen LogP contribution >= 0.6 is 0 Å². The van der Waals surface area contributed by atoms with Crippen molar-refractivity contribution in [3.63, 3.8) is 0 Å². The Morgan fingerprint density at radius 3 is 2.64 bits per heavy atom. The van der Waals surface area contributed by atoms with Gasteiger partial charge in [0.1, 0.15) is 11.6 Å². The molecule has 0 fully saturated rings. The molecule has 2 aromatic carbocycles. The van der Waals surface area contributed by atoms with Gasteiger partial charge in [-0.15, -0.1) is 0 Å². The van der Waals surface area contributed by atoms with Gasteiger partial charge in [0.2, 0.25) is 0 Å². The fourth-order valence-electron chi connectivity index (χ4n) is 2.27. The first-order valence-electron chi connectivity index (χ1n) is 6.80. The summed E-state index contributed by atoms with van der Waals surface area (Å²) in [4.78, 5) is 12.3. The van der Waals surface area contributed by atoms with Crippen molar-refractivity contribution in [2.24, 2.45) is 0 Å². The van der Waals surface area contributed by atoms with Crippen LogP contribution in [0.5, 0.6) is 5.75 Å². The topological polar surface area (TPSA) is 31.2 Å². The van der Waals surface area contributed by atoms with Crippen LogP contribution in [-0.4, -0.2) is 17.6 Å². The van der Waals surface area contributed by atoms with Gasteiger partial charge in [0.05, 0.1) is 12.6 Å². The molecule has 0 unspecified atom stereocenters. The number of benzene rings is 2. The molecule has 0 bridgehead atoms. The molecular weight excluding hydrogens is 281 g/mol. The minimum atomic E-state index is -0.313. The van der Waals surface area contributed by atoms with Crippen LogP contribution in [0.3, 0.4) is 0 Å². The number of carbonyl (C=O) groups is 1. The summed E-state index contributed by atoms with van der Waals surface area (Å²) in [6.07, 6.45) is 4.87. The average molecular weight is 295 g/mol. The van der Waals surface area contributed by atoms with Gasteiger partial charge in [0.15, 0.2) is 0 Å². The van der Waals surface area contributed by atoms with E-state index in [1.165, 1.54) is 22.8 Å². The average Bonchev–Trinajstić information content (AvgIpc) is 2.96. The number of fused-ring (bicyclic) bond motifs is 1. The molecule has 0 saturated carbocycles. The number of ether oxygens (including phenoxy) is 1. The lowest BCUT2D eigenvalue weighted by atomic mass is 10.2. The molecule has 0 amide bonds. The van der Waals surface area contributed by atoms with E-state index in [1.807, 2.05) is 24.3 Å². The summed E-state index contributed by atoms with van der Waals surface area (Å²) < 4.78 is 19.7. The summed E-state index contributed by atoms with van der Waals surface area (Å²) in [6, 6.07) is 13.5. The maximum Gasteiger partial charge on any atom is 0.255 e. The minimum absolute atomic E-state index is 0.183. The molecule has 3 aromatic rings. The van der Waals surface area contributed by atoms with Crippen molar-refractivity contribution < 1.29 is 13.9 Å². The number of rotatable bonds is 3. The predicted octanol–water partition coefficient (Wildman–Crippen LogP) is 4.14. The number of hydrogen-bond donors (Lipinski definition) is 0. The molecule has 0 spiro atoms. The van der Waals surface area contributed by atoms with Gasteiger partial charge >= 0.3 is 0 Å². The van der Waals surface area contributed by atoms with Crippen LogP contribution in [0.4, 0.5) is 4.39 Å². The standard InChI is InChI=1S/C18H14FNO2/c1-22-16-6-2-13(3-7-16)4-9-18(21)20-11-10-14-12-15(19)5-8-17(14)20/h2-12H,1H3/b9-4+. The lowest BCUT2D eigenvalue weighted by Crippen LogP contribution is -2.05. The molecule has 1 aromatic heterocycles. The summed E-state index contributed by atoms with van der Waals surface area (Å²) in [7, 11) is 1.61. The highest BCUT2D eigenvalue weighted by Crippen LogP contribution is 2.17. The lowest BCUT2D eigenvalue weighted by molar-refractivity contribution is 0.0975. The van der Waals surface area contributed by atoms with E-state index in [4.69, 9.17) is 4.74 Å². The van der Waals surface area contributed by atoms with Crippen molar-refractivity contribution in [2.75, 3.05) is 7.11 Å². The number of aromatic nitrogens is 1. The quantitative estimate of drug-likeness (QED) is 0.680. The third-order valence-corrected chi connectivity index (χ3v) is 3.42. The molecule has 3 rings (SSSR count).